The number of hydrogen-bond acceptors (Lipinski definition) is 4. The molecule has 0 saturated heterocycles. The number of pyridine rings is 1. The van der Waals surface area contributed by atoms with Gasteiger partial charge in [0.05, 0.1) is 13.7 Å². The van der Waals surface area contributed by atoms with Gasteiger partial charge in [-0.3, -0.25) is 0 Å². The lowest BCUT2D eigenvalue weighted by atomic mass is 10.2. The summed E-state index contributed by atoms with van der Waals surface area (Å²) in [6.45, 7) is 3.88. The molecule has 156 valence electrons. The van der Waals surface area contributed by atoms with Gasteiger partial charge in [-0.2, -0.15) is 0 Å². The zero-order valence-electron chi connectivity index (χ0n) is 17.1. The molecular formula is C23H25FN4O2. The number of aliphatic imine (C=N–C) groups is 1. The first-order valence-corrected chi connectivity index (χ1v) is 9.69. The van der Waals surface area contributed by atoms with E-state index in [9.17, 15) is 4.39 Å². The number of hydrogen-bond donors (Lipinski definition) is 2. The van der Waals surface area contributed by atoms with Crippen molar-refractivity contribution in [2.45, 2.75) is 20.0 Å². The van der Waals surface area contributed by atoms with E-state index in [-0.39, 0.29) is 5.82 Å². The van der Waals surface area contributed by atoms with Crippen LogP contribution in [0, 0.1) is 5.82 Å². The Labute approximate surface area is 175 Å². The monoisotopic (exact) mass is 408 g/mol. The van der Waals surface area contributed by atoms with Crippen LogP contribution in [0.15, 0.2) is 71.9 Å². The van der Waals surface area contributed by atoms with Gasteiger partial charge in [-0.1, -0.05) is 18.2 Å². The Morgan fingerprint density at radius 2 is 1.83 bits per heavy atom. The second-order valence-electron chi connectivity index (χ2n) is 6.46. The predicted octanol–water partition coefficient (Wildman–Crippen LogP) is 4.28. The maximum atomic E-state index is 13.0. The van der Waals surface area contributed by atoms with Crippen LogP contribution in [0.4, 0.5) is 4.39 Å². The van der Waals surface area contributed by atoms with Crippen LogP contribution in [0.25, 0.3) is 0 Å². The van der Waals surface area contributed by atoms with E-state index in [1.807, 2.05) is 37.3 Å². The van der Waals surface area contributed by atoms with Crippen molar-refractivity contribution in [3.05, 3.63) is 83.8 Å². The Morgan fingerprint density at radius 3 is 2.53 bits per heavy atom. The van der Waals surface area contributed by atoms with Crippen molar-refractivity contribution in [2.75, 3.05) is 13.7 Å². The normalized spacial score (nSPS) is 11.1. The Hall–Kier alpha value is -3.61. The van der Waals surface area contributed by atoms with Gasteiger partial charge in [0.25, 0.3) is 0 Å². The molecule has 0 fully saturated rings. The van der Waals surface area contributed by atoms with Crippen molar-refractivity contribution < 1.29 is 13.9 Å². The highest BCUT2D eigenvalue weighted by Crippen LogP contribution is 2.19. The molecule has 0 aliphatic carbocycles. The van der Waals surface area contributed by atoms with E-state index in [4.69, 9.17) is 9.47 Å². The lowest BCUT2D eigenvalue weighted by Crippen LogP contribution is -2.36. The molecule has 2 aromatic carbocycles. The summed E-state index contributed by atoms with van der Waals surface area (Å²) in [7, 11) is 1.65. The average Bonchev–Trinajstić information content (AvgIpc) is 2.78. The number of guanidine groups is 1. The van der Waals surface area contributed by atoms with Gasteiger partial charge in [0.2, 0.25) is 5.88 Å². The molecule has 0 unspecified atom stereocenters. The summed E-state index contributed by atoms with van der Waals surface area (Å²) >= 11 is 0. The maximum Gasteiger partial charge on any atom is 0.219 e. The molecular weight excluding hydrogens is 383 g/mol. The number of halogens is 1. The Morgan fingerprint density at radius 1 is 1.00 bits per heavy atom. The highest BCUT2D eigenvalue weighted by Gasteiger charge is 2.02. The minimum absolute atomic E-state index is 0.306. The van der Waals surface area contributed by atoms with E-state index in [1.54, 1.807) is 31.5 Å². The first-order valence-electron chi connectivity index (χ1n) is 9.69. The number of nitrogens with zero attached hydrogens (tertiary/aromatic N) is 2. The molecule has 30 heavy (non-hydrogen) atoms. The van der Waals surface area contributed by atoms with E-state index in [2.05, 4.69) is 20.6 Å². The van der Waals surface area contributed by atoms with Crippen LogP contribution in [0.5, 0.6) is 17.4 Å². The van der Waals surface area contributed by atoms with E-state index in [0.29, 0.717) is 30.7 Å². The SMILES string of the molecule is CCNC(=NCc1ccc(Oc2ccc(F)cc2)nc1)NCc1cccc(OC)c1. The molecule has 0 aliphatic heterocycles. The number of methoxy groups -OCH3 is 1. The predicted molar refractivity (Wildman–Crippen MR) is 115 cm³/mol. The molecule has 0 atom stereocenters. The van der Waals surface area contributed by atoms with Crippen LogP contribution in [-0.4, -0.2) is 24.6 Å². The lowest BCUT2D eigenvalue weighted by molar-refractivity contribution is 0.414. The van der Waals surface area contributed by atoms with Crippen molar-refractivity contribution in [1.82, 2.24) is 15.6 Å². The highest BCUT2D eigenvalue weighted by molar-refractivity contribution is 5.79. The first-order chi connectivity index (χ1) is 14.7. The van der Waals surface area contributed by atoms with E-state index in [0.717, 1.165) is 23.4 Å². The zero-order chi connectivity index (χ0) is 21.2. The van der Waals surface area contributed by atoms with Gasteiger partial charge in [0, 0.05) is 25.4 Å². The molecule has 0 saturated carbocycles. The van der Waals surface area contributed by atoms with Gasteiger partial charge in [0.1, 0.15) is 17.3 Å². The molecule has 0 bridgehead atoms. The van der Waals surface area contributed by atoms with Crippen LogP contribution in [0.1, 0.15) is 18.1 Å². The molecule has 0 aliphatic rings. The number of nitrogens with one attached hydrogen (secondary N) is 2. The molecule has 2 N–H and O–H groups in total. The van der Waals surface area contributed by atoms with Gasteiger partial charge >= 0.3 is 0 Å². The van der Waals surface area contributed by atoms with E-state index < -0.39 is 0 Å². The minimum atomic E-state index is -0.306. The first kappa shape index (κ1) is 21.1. The third-order valence-corrected chi connectivity index (χ3v) is 4.19. The van der Waals surface area contributed by atoms with Crippen LogP contribution in [0.2, 0.25) is 0 Å². The molecule has 1 aromatic heterocycles. The quantitative estimate of drug-likeness (QED) is 0.430. The van der Waals surface area contributed by atoms with E-state index >= 15 is 0 Å². The number of ether oxygens (including phenoxy) is 2. The Balaban J connectivity index is 1.57. The third-order valence-electron chi connectivity index (χ3n) is 4.19. The topological polar surface area (TPSA) is 67.8 Å². The Bertz CT molecular complexity index is 960. The molecule has 0 amide bonds. The lowest BCUT2D eigenvalue weighted by Gasteiger charge is -2.12. The number of benzene rings is 2. The average molecular weight is 408 g/mol. The molecule has 3 rings (SSSR count). The summed E-state index contributed by atoms with van der Waals surface area (Å²) in [5, 5.41) is 6.55. The van der Waals surface area contributed by atoms with Gasteiger partial charge < -0.3 is 20.1 Å². The minimum Gasteiger partial charge on any atom is -0.497 e. The van der Waals surface area contributed by atoms with Crippen molar-refractivity contribution >= 4 is 5.96 Å². The number of aromatic nitrogens is 1. The van der Waals surface area contributed by atoms with Crippen molar-refractivity contribution in [3.8, 4) is 17.4 Å². The number of rotatable bonds is 8. The smallest absolute Gasteiger partial charge is 0.219 e. The second kappa shape index (κ2) is 10.8. The van der Waals surface area contributed by atoms with Gasteiger partial charge in [-0.05, 0) is 54.4 Å². The molecule has 1 heterocycles. The van der Waals surface area contributed by atoms with Crippen LogP contribution in [-0.2, 0) is 13.1 Å². The fourth-order valence-electron chi connectivity index (χ4n) is 2.67. The highest BCUT2D eigenvalue weighted by atomic mass is 19.1. The van der Waals surface area contributed by atoms with Crippen LogP contribution in [0.3, 0.4) is 0 Å². The van der Waals surface area contributed by atoms with Crippen LogP contribution < -0.4 is 20.1 Å². The van der Waals surface area contributed by atoms with Gasteiger partial charge in [-0.15, -0.1) is 0 Å². The summed E-state index contributed by atoms with van der Waals surface area (Å²) < 4.78 is 23.8. The molecule has 7 heteroatoms. The largest absolute Gasteiger partial charge is 0.497 e. The molecule has 0 radical (unpaired) electrons. The molecule has 3 aromatic rings. The summed E-state index contributed by atoms with van der Waals surface area (Å²) in [6, 6.07) is 17.4. The standard InChI is InChI=1S/C23H25FN4O2/c1-3-25-23(27-14-17-5-4-6-21(13-17)29-2)28-16-18-7-12-22(26-15-18)30-20-10-8-19(24)9-11-20/h4-13,15H,3,14,16H2,1-2H3,(H2,25,27,28). The third kappa shape index (κ3) is 6.48. The summed E-state index contributed by atoms with van der Waals surface area (Å²) in [6.07, 6.45) is 1.72. The van der Waals surface area contributed by atoms with Crippen molar-refractivity contribution in [3.63, 3.8) is 0 Å². The summed E-state index contributed by atoms with van der Waals surface area (Å²) in [5.74, 6) is 2.21. The maximum absolute atomic E-state index is 13.0. The fourth-order valence-corrected chi connectivity index (χ4v) is 2.67. The Kier molecular flexibility index (Phi) is 7.60. The van der Waals surface area contributed by atoms with Gasteiger partial charge in [-0.25, -0.2) is 14.4 Å². The summed E-state index contributed by atoms with van der Waals surface area (Å²) in [4.78, 5) is 8.90. The van der Waals surface area contributed by atoms with Crippen molar-refractivity contribution in [1.29, 1.82) is 0 Å². The van der Waals surface area contributed by atoms with Gasteiger partial charge in [0.15, 0.2) is 5.96 Å². The zero-order valence-corrected chi connectivity index (χ0v) is 17.1. The molecule has 6 nitrogen and oxygen atoms in total. The molecule has 0 spiro atoms. The summed E-state index contributed by atoms with van der Waals surface area (Å²) in [5.41, 5.74) is 2.05. The van der Waals surface area contributed by atoms with E-state index in [1.165, 1.54) is 12.1 Å². The van der Waals surface area contributed by atoms with Crippen molar-refractivity contribution in [2.24, 2.45) is 4.99 Å². The fraction of sp³-hybridized carbons (Fsp3) is 0.217. The van der Waals surface area contributed by atoms with Crippen LogP contribution >= 0.6 is 0 Å². The second-order valence-corrected chi connectivity index (χ2v) is 6.46.